The zero-order valence-corrected chi connectivity index (χ0v) is 20.4. The van der Waals surface area contributed by atoms with E-state index < -0.39 is 7.59 Å². The van der Waals surface area contributed by atoms with Crippen molar-refractivity contribution in [1.82, 2.24) is 0 Å². The smallest absolute Gasteiger partial charge is 0.123 e. The lowest BCUT2D eigenvalue weighted by atomic mass is 10.0. The van der Waals surface area contributed by atoms with Crippen LogP contribution in [0.25, 0.3) is 0 Å². The van der Waals surface area contributed by atoms with E-state index in [2.05, 4.69) is 0 Å². The average Bonchev–Trinajstić information content (AvgIpc) is 2.40. The van der Waals surface area contributed by atoms with Gasteiger partial charge in [-0.3, -0.25) is 0 Å². The predicted molar refractivity (Wildman–Crippen MR) is 120 cm³/mol. The van der Waals surface area contributed by atoms with E-state index in [4.69, 9.17) is 92.8 Å². The van der Waals surface area contributed by atoms with E-state index in [1.807, 2.05) is 0 Å². The second-order valence-electron chi connectivity index (χ2n) is 6.59. The molecule has 2 atom stereocenters. The minimum atomic E-state index is -1.24. The van der Waals surface area contributed by atoms with Crippen LogP contribution in [0.5, 0.6) is 0 Å². The molecule has 0 heterocycles. The van der Waals surface area contributed by atoms with E-state index in [9.17, 15) is 0 Å². The number of alkyl halides is 8. The molecule has 0 aromatic rings. The Bertz CT molecular complexity index is 281. The number of unbranched alkanes of at least 4 members (excludes halogenated alkanes) is 8. The van der Waals surface area contributed by atoms with Gasteiger partial charge in [-0.15, -0.1) is 23.2 Å². The molecule has 0 amide bonds. The number of hydrogen-bond donors (Lipinski definition) is 0. The molecule has 0 bridgehead atoms. The number of hydrogen-bond acceptors (Lipinski definition) is 0. The molecule has 8 heteroatoms. The normalized spacial score (nSPS) is 15.4. The molecule has 0 aliphatic rings. The lowest BCUT2D eigenvalue weighted by Crippen LogP contribution is -2.11. The fourth-order valence-electron chi connectivity index (χ4n) is 2.68. The molecule has 2 unspecified atom stereocenters. The average molecular weight is 516 g/mol. The van der Waals surface area contributed by atoms with Gasteiger partial charge in [0.2, 0.25) is 0 Å². The summed E-state index contributed by atoms with van der Waals surface area (Å²) >= 11 is 46.7. The molecule has 0 aromatic heterocycles. The molecular weight excluding hydrogens is 488 g/mol. The van der Waals surface area contributed by atoms with Crippen molar-refractivity contribution < 1.29 is 0 Å². The summed E-state index contributed by atoms with van der Waals surface area (Å²) in [7, 11) is 0. The molecule has 152 valence electrons. The maximum atomic E-state index is 6.15. The Morgan fingerprint density at radius 3 is 0.920 bits per heavy atom. The SMILES string of the molecule is ClC(CCCCCCCCCCCC(Cl)CC(Cl)(Cl)Cl)CC(Cl)(Cl)Cl. The first kappa shape index (κ1) is 27.3. The van der Waals surface area contributed by atoms with E-state index in [1.54, 1.807) is 0 Å². The van der Waals surface area contributed by atoms with Crippen molar-refractivity contribution in [3.8, 4) is 0 Å². The largest absolute Gasteiger partial charge is 0.192 e. The van der Waals surface area contributed by atoms with Crippen LogP contribution in [0.15, 0.2) is 0 Å². The zero-order chi connectivity index (χ0) is 19.3. The van der Waals surface area contributed by atoms with Crippen molar-refractivity contribution in [2.45, 2.75) is 102 Å². The van der Waals surface area contributed by atoms with Gasteiger partial charge in [0.1, 0.15) is 0 Å². The molecule has 0 aliphatic carbocycles. The quantitative estimate of drug-likeness (QED) is 0.159. The summed E-state index contributed by atoms with van der Waals surface area (Å²) in [5, 5.41) is -0.111. The van der Waals surface area contributed by atoms with Crippen LogP contribution in [0.4, 0.5) is 0 Å². The molecule has 0 rings (SSSR count). The Balaban J connectivity index is 3.32. The second kappa shape index (κ2) is 15.2. The topological polar surface area (TPSA) is 0 Å². The summed E-state index contributed by atoms with van der Waals surface area (Å²) in [6.45, 7) is 0. The molecule has 0 radical (unpaired) electrons. The van der Waals surface area contributed by atoms with Crippen LogP contribution in [0.3, 0.4) is 0 Å². The first-order valence-corrected chi connectivity index (χ1v) is 12.1. The van der Waals surface area contributed by atoms with Gasteiger partial charge in [-0.25, -0.2) is 0 Å². The van der Waals surface area contributed by atoms with E-state index in [0.717, 1.165) is 25.7 Å². The van der Waals surface area contributed by atoms with Crippen LogP contribution in [-0.4, -0.2) is 18.3 Å². The summed E-state index contributed by atoms with van der Waals surface area (Å²) < 4.78 is -2.48. The van der Waals surface area contributed by atoms with Gasteiger partial charge in [0.25, 0.3) is 0 Å². The monoisotopic (exact) mass is 512 g/mol. The molecule has 0 aromatic carbocycles. The van der Waals surface area contributed by atoms with Gasteiger partial charge in [-0.2, -0.15) is 0 Å². The van der Waals surface area contributed by atoms with Gasteiger partial charge in [0.05, 0.1) is 0 Å². The summed E-state index contributed by atoms with van der Waals surface area (Å²) in [6, 6.07) is 0. The summed E-state index contributed by atoms with van der Waals surface area (Å²) in [4.78, 5) is 0. The number of rotatable bonds is 14. The highest BCUT2D eigenvalue weighted by molar-refractivity contribution is 6.68. The molecule has 0 saturated carbocycles. The molecule has 25 heavy (non-hydrogen) atoms. The molecule has 0 spiro atoms. The Morgan fingerprint density at radius 1 is 0.440 bits per heavy atom. The Morgan fingerprint density at radius 2 is 0.680 bits per heavy atom. The summed E-state index contributed by atoms with van der Waals surface area (Å²) in [5.41, 5.74) is 0. The first-order chi connectivity index (χ1) is 11.5. The van der Waals surface area contributed by atoms with Crippen molar-refractivity contribution >= 4 is 92.8 Å². The van der Waals surface area contributed by atoms with E-state index >= 15 is 0 Å². The standard InChI is InChI=1S/C17H28Cl8/c18-14(12-16(20,21)22)10-8-6-4-2-1-3-5-7-9-11-15(19)13-17(23,24)25/h14-15H,1-13H2. The van der Waals surface area contributed by atoms with E-state index in [1.165, 1.54) is 44.9 Å². The Labute approximate surface area is 193 Å². The maximum Gasteiger partial charge on any atom is 0.192 e. The zero-order valence-electron chi connectivity index (χ0n) is 14.4. The van der Waals surface area contributed by atoms with Gasteiger partial charge in [-0.05, 0) is 12.8 Å². The minimum absolute atomic E-state index is 0.0557. The van der Waals surface area contributed by atoms with Gasteiger partial charge in [-0.1, -0.05) is 127 Å². The van der Waals surface area contributed by atoms with Gasteiger partial charge in [0.15, 0.2) is 7.59 Å². The molecule has 0 aliphatic heterocycles. The molecule has 0 N–H and O–H groups in total. The molecular formula is C17H28Cl8. The maximum absolute atomic E-state index is 6.15. The van der Waals surface area contributed by atoms with Crippen molar-refractivity contribution in [1.29, 1.82) is 0 Å². The predicted octanol–water partition coefficient (Wildman–Crippen LogP) is 10.0. The van der Waals surface area contributed by atoms with E-state index in [0.29, 0.717) is 12.8 Å². The molecule has 0 fully saturated rings. The van der Waals surface area contributed by atoms with Gasteiger partial charge in [0, 0.05) is 23.6 Å². The fourth-order valence-corrected chi connectivity index (χ4v) is 5.04. The fraction of sp³-hybridized carbons (Fsp3) is 1.00. The van der Waals surface area contributed by atoms with Crippen molar-refractivity contribution in [3.63, 3.8) is 0 Å². The highest BCUT2D eigenvalue weighted by Gasteiger charge is 2.24. The third kappa shape index (κ3) is 22.5. The van der Waals surface area contributed by atoms with Gasteiger partial charge < -0.3 is 0 Å². The summed E-state index contributed by atoms with van der Waals surface area (Å²) in [5.74, 6) is 0. The van der Waals surface area contributed by atoms with Crippen molar-refractivity contribution in [2.75, 3.05) is 0 Å². The van der Waals surface area contributed by atoms with Crippen LogP contribution in [0.2, 0.25) is 0 Å². The lowest BCUT2D eigenvalue weighted by molar-refractivity contribution is 0.534. The summed E-state index contributed by atoms with van der Waals surface area (Å²) in [6.07, 6.45) is 13.5. The van der Waals surface area contributed by atoms with Crippen LogP contribution in [-0.2, 0) is 0 Å². The number of halogens is 8. The minimum Gasteiger partial charge on any atom is -0.123 e. The van der Waals surface area contributed by atoms with Crippen LogP contribution in [0, 0.1) is 0 Å². The Kier molecular flexibility index (Phi) is 16.6. The third-order valence-electron chi connectivity index (χ3n) is 3.94. The van der Waals surface area contributed by atoms with E-state index in [-0.39, 0.29) is 10.8 Å². The molecule has 0 saturated heterocycles. The van der Waals surface area contributed by atoms with Gasteiger partial charge >= 0.3 is 0 Å². The van der Waals surface area contributed by atoms with Crippen molar-refractivity contribution in [2.24, 2.45) is 0 Å². The highest BCUT2D eigenvalue weighted by atomic mass is 35.6. The van der Waals surface area contributed by atoms with Crippen molar-refractivity contribution in [3.05, 3.63) is 0 Å². The van der Waals surface area contributed by atoms with Crippen LogP contribution >= 0.6 is 92.8 Å². The lowest BCUT2D eigenvalue weighted by Gasteiger charge is -2.15. The van der Waals surface area contributed by atoms with Crippen LogP contribution < -0.4 is 0 Å². The highest BCUT2D eigenvalue weighted by Crippen LogP contribution is 2.35. The first-order valence-electron chi connectivity index (χ1n) is 8.91. The van der Waals surface area contributed by atoms with Crippen LogP contribution in [0.1, 0.15) is 83.5 Å². The third-order valence-corrected chi connectivity index (χ3v) is 5.61. The Hall–Kier alpha value is 2.32. The molecule has 0 nitrogen and oxygen atoms in total. The second-order valence-corrected chi connectivity index (χ2v) is 12.9.